The summed E-state index contributed by atoms with van der Waals surface area (Å²) in [7, 11) is 0. The van der Waals surface area contributed by atoms with Crippen molar-refractivity contribution in [2.45, 2.75) is 20.3 Å². The van der Waals surface area contributed by atoms with Crippen LogP contribution in [-0.2, 0) is 16.1 Å². The monoisotopic (exact) mass is 281 g/mol. The molecule has 0 amide bonds. The lowest BCUT2D eigenvalue weighted by Gasteiger charge is -2.07. The maximum absolute atomic E-state index is 11.5. The summed E-state index contributed by atoms with van der Waals surface area (Å²) in [6.07, 6.45) is 0.779. The SMILES string of the molecule is CC(=O)ONc1ccc2c(c1)Cc1cc(C(C)=O)ccc1-2. The molecule has 4 nitrogen and oxygen atoms in total. The Morgan fingerprint density at radius 3 is 2.33 bits per heavy atom. The number of benzene rings is 2. The average Bonchev–Trinajstić information content (AvgIpc) is 2.81. The number of hydrogen-bond donors (Lipinski definition) is 1. The van der Waals surface area contributed by atoms with E-state index in [0.717, 1.165) is 39.9 Å². The molecule has 0 aliphatic heterocycles. The van der Waals surface area contributed by atoms with Crippen molar-refractivity contribution in [1.82, 2.24) is 0 Å². The predicted octanol–water partition coefficient (Wildman–Crippen LogP) is 3.35. The lowest BCUT2D eigenvalue weighted by atomic mass is 10.0. The number of carbonyl (C=O) groups is 2. The zero-order valence-corrected chi connectivity index (χ0v) is 11.9. The van der Waals surface area contributed by atoms with Gasteiger partial charge in [-0.25, -0.2) is 5.48 Å². The molecule has 0 unspecified atom stereocenters. The van der Waals surface area contributed by atoms with E-state index in [9.17, 15) is 9.59 Å². The second kappa shape index (κ2) is 5.05. The number of Topliss-reactive ketones (excluding diaryl/α,β-unsaturated/α-hetero) is 1. The van der Waals surface area contributed by atoms with Crippen LogP contribution in [0.1, 0.15) is 35.3 Å². The normalized spacial score (nSPS) is 11.5. The maximum Gasteiger partial charge on any atom is 0.329 e. The summed E-state index contributed by atoms with van der Waals surface area (Å²) in [5.74, 6) is -0.309. The number of fused-ring (bicyclic) bond motifs is 3. The van der Waals surface area contributed by atoms with Gasteiger partial charge in [0.2, 0.25) is 0 Å². The Kier molecular flexibility index (Phi) is 3.22. The summed E-state index contributed by atoms with van der Waals surface area (Å²) in [4.78, 5) is 27.1. The Morgan fingerprint density at radius 1 is 1.00 bits per heavy atom. The van der Waals surface area contributed by atoms with Crippen LogP contribution in [-0.4, -0.2) is 11.8 Å². The van der Waals surface area contributed by atoms with Gasteiger partial charge < -0.3 is 4.84 Å². The summed E-state index contributed by atoms with van der Waals surface area (Å²) in [6, 6.07) is 11.6. The van der Waals surface area contributed by atoms with E-state index in [1.54, 1.807) is 6.92 Å². The third-order valence-corrected chi connectivity index (χ3v) is 3.60. The van der Waals surface area contributed by atoms with Crippen LogP contribution in [0.3, 0.4) is 0 Å². The molecule has 2 aromatic carbocycles. The minimum Gasteiger partial charge on any atom is -0.344 e. The molecule has 0 spiro atoms. The van der Waals surface area contributed by atoms with Gasteiger partial charge in [0.15, 0.2) is 5.78 Å². The van der Waals surface area contributed by atoms with Crippen LogP contribution in [0.4, 0.5) is 5.69 Å². The maximum atomic E-state index is 11.5. The van der Waals surface area contributed by atoms with Gasteiger partial charge in [0.05, 0.1) is 5.69 Å². The van der Waals surface area contributed by atoms with Crippen molar-refractivity contribution in [3.05, 3.63) is 53.1 Å². The molecular formula is C17H15NO3. The molecule has 0 radical (unpaired) electrons. The number of rotatable bonds is 3. The van der Waals surface area contributed by atoms with Crippen LogP contribution in [0.5, 0.6) is 0 Å². The van der Waals surface area contributed by atoms with Crippen molar-refractivity contribution in [3.8, 4) is 11.1 Å². The minimum absolute atomic E-state index is 0.0750. The Hall–Kier alpha value is -2.62. The summed E-state index contributed by atoms with van der Waals surface area (Å²) in [5.41, 5.74) is 8.73. The molecule has 3 rings (SSSR count). The van der Waals surface area contributed by atoms with Crippen LogP contribution in [0.2, 0.25) is 0 Å². The first-order valence-electron chi connectivity index (χ1n) is 6.75. The number of hydrogen-bond acceptors (Lipinski definition) is 4. The van der Waals surface area contributed by atoms with E-state index >= 15 is 0 Å². The summed E-state index contributed by atoms with van der Waals surface area (Å²) in [5, 5.41) is 0. The van der Waals surface area contributed by atoms with E-state index in [2.05, 4.69) is 5.48 Å². The molecule has 0 saturated carbocycles. The standard InChI is InChI=1S/C17H15NO3/c1-10(19)12-3-5-16-13(7-12)8-14-9-15(4-6-17(14)16)18-21-11(2)20/h3-7,9,18H,8H2,1-2H3. The molecule has 106 valence electrons. The number of ketones is 1. The van der Waals surface area contributed by atoms with Gasteiger partial charge in [0, 0.05) is 12.5 Å². The highest BCUT2D eigenvalue weighted by Gasteiger charge is 2.19. The molecule has 4 heteroatoms. The van der Waals surface area contributed by atoms with Gasteiger partial charge in [0.25, 0.3) is 0 Å². The molecule has 0 bridgehead atoms. The fourth-order valence-electron chi connectivity index (χ4n) is 2.62. The smallest absolute Gasteiger partial charge is 0.329 e. The average molecular weight is 281 g/mol. The topological polar surface area (TPSA) is 55.4 Å². The van der Waals surface area contributed by atoms with E-state index in [1.807, 2.05) is 36.4 Å². The number of carbonyl (C=O) groups excluding carboxylic acids is 2. The highest BCUT2D eigenvalue weighted by Crippen LogP contribution is 2.38. The zero-order valence-electron chi connectivity index (χ0n) is 11.9. The van der Waals surface area contributed by atoms with Gasteiger partial charge in [0.1, 0.15) is 0 Å². The van der Waals surface area contributed by atoms with E-state index in [1.165, 1.54) is 6.92 Å². The number of nitrogens with one attached hydrogen (secondary N) is 1. The first-order chi connectivity index (χ1) is 10.0. The van der Waals surface area contributed by atoms with Crippen molar-refractivity contribution >= 4 is 17.4 Å². The third-order valence-electron chi connectivity index (χ3n) is 3.60. The molecular weight excluding hydrogens is 266 g/mol. The quantitative estimate of drug-likeness (QED) is 0.591. The van der Waals surface area contributed by atoms with E-state index in [-0.39, 0.29) is 11.8 Å². The first kappa shape index (κ1) is 13.4. The highest BCUT2D eigenvalue weighted by molar-refractivity contribution is 5.95. The highest BCUT2D eigenvalue weighted by atomic mass is 16.7. The third kappa shape index (κ3) is 2.52. The minimum atomic E-state index is -0.384. The lowest BCUT2D eigenvalue weighted by molar-refractivity contribution is -0.138. The van der Waals surface area contributed by atoms with Gasteiger partial charge in [-0.05, 0) is 53.8 Å². The Morgan fingerprint density at radius 2 is 1.67 bits per heavy atom. The second-order valence-electron chi connectivity index (χ2n) is 5.17. The van der Waals surface area contributed by atoms with Crippen LogP contribution in [0.15, 0.2) is 36.4 Å². The molecule has 21 heavy (non-hydrogen) atoms. The van der Waals surface area contributed by atoms with Gasteiger partial charge >= 0.3 is 5.97 Å². The van der Waals surface area contributed by atoms with Gasteiger partial charge in [-0.1, -0.05) is 18.2 Å². The van der Waals surface area contributed by atoms with Crippen LogP contribution >= 0.6 is 0 Å². The van der Waals surface area contributed by atoms with Crippen molar-refractivity contribution in [1.29, 1.82) is 0 Å². The summed E-state index contributed by atoms with van der Waals surface area (Å²) in [6.45, 7) is 2.92. The molecule has 0 atom stereocenters. The fraction of sp³-hybridized carbons (Fsp3) is 0.176. The molecule has 1 aliphatic rings. The van der Waals surface area contributed by atoms with Crippen molar-refractivity contribution in [2.24, 2.45) is 0 Å². The van der Waals surface area contributed by atoms with Crippen molar-refractivity contribution in [2.75, 3.05) is 5.48 Å². The molecule has 0 fully saturated rings. The second-order valence-corrected chi connectivity index (χ2v) is 5.17. The zero-order chi connectivity index (χ0) is 15.0. The van der Waals surface area contributed by atoms with Gasteiger partial charge in [-0.15, -0.1) is 0 Å². The van der Waals surface area contributed by atoms with E-state index in [0.29, 0.717) is 0 Å². The molecule has 0 saturated heterocycles. The fourth-order valence-corrected chi connectivity index (χ4v) is 2.62. The van der Waals surface area contributed by atoms with E-state index in [4.69, 9.17) is 4.84 Å². The lowest BCUT2D eigenvalue weighted by Crippen LogP contribution is -2.06. The summed E-state index contributed by atoms with van der Waals surface area (Å²) < 4.78 is 0. The molecule has 2 aromatic rings. The van der Waals surface area contributed by atoms with Crippen molar-refractivity contribution in [3.63, 3.8) is 0 Å². The number of anilines is 1. The Balaban J connectivity index is 1.91. The first-order valence-corrected chi connectivity index (χ1v) is 6.75. The predicted molar refractivity (Wildman–Crippen MR) is 80.1 cm³/mol. The van der Waals surface area contributed by atoms with E-state index < -0.39 is 0 Å². The summed E-state index contributed by atoms with van der Waals surface area (Å²) >= 11 is 0. The van der Waals surface area contributed by atoms with Crippen LogP contribution in [0, 0.1) is 0 Å². The van der Waals surface area contributed by atoms with Gasteiger partial charge in [-0.3, -0.25) is 9.59 Å². The van der Waals surface area contributed by atoms with Crippen molar-refractivity contribution < 1.29 is 14.4 Å². The largest absolute Gasteiger partial charge is 0.344 e. The van der Waals surface area contributed by atoms with Crippen LogP contribution < -0.4 is 5.48 Å². The Labute approximate surface area is 122 Å². The molecule has 1 aliphatic carbocycles. The Bertz CT molecular complexity index is 750. The molecule has 0 heterocycles. The molecule has 1 N–H and O–H groups in total. The van der Waals surface area contributed by atoms with Gasteiger partial charge in [-0.2, -0.15) is 0 Å². The molecule has 0 aromatic heterocycles. The van der Waals surface area contributed by atoms with Crippen LogP contribution in [0.25, 0.3) is 11.1 Å².